The lowest BCUT2D eigenvalue weighted by Crippen LogP contribution is -2.46. The highest BCUT2D eigenvalue weighted by Gasteiger charge is 2.37. The third-order valence-corrected chi connectivity index (χ3v) is 7.18. The Balaban J connectivity index is 1.44. The van der Waals surface area contributed by atoms with Crippen LogP contribution in [0.2, 0.25) is 0 Å². The molecule has 0 aliphatic carbocycles. The van der Waals surface area contributed by atoms with Crippen molar-refractivity contribution in [3.05, 3.63) is 76.3 Å². The highest BCUT2D eigenvalue weighted by atomic mass is 32.2. The van der Waals surface area contributed by atoms with E-state index in [9.17, 15) is 14.4 Å². The molecule has 0 atom stereocenters. The van der Waals surface area contributed by atoms with Gasteiger partial charge >= 0.3 is 0 Å². The van der Waals surface area contributed by atoms with Crippen molar-refractivity contribution < 1.29 is 19.1 Å². The molecule has 8 heteroatoms. The van der Waals surface area contributed by atoms with Gasteiger partial charge in [0.2, 0.25) is 5.91 Å². The summed E-state index contributed by atoms with van der Waals surface area (Å²) < 4.78 is 7.50. The molecular weight excluding hydrogens is 450 g/mol. The van der Waals surface area contributed by atoms with E-state index in [-0.39, 0.29) is 12.5 Å². The van der Waals surface area contributed by atoms with Crippen LogP contribution in [0.25, 0.3) is 17.0 Å². The van der Waals surface area contributed by atoms with Crippen LogP contribution in [0.5, 0.6) is 0 Å². The summed E-state index contributed by atoms with van der Waals surface area (Å²) in [7, 11) is 0. The number of morpholine rings is 1. The minimum Gasteiger partial charge on any atom is -0.378 e. The quantitative estimate of drug-likeness (QED) is 0.524. The van der Waals surface area contributed by atoms with Crippen molar-refractivity contribution in [2.24, 2.45) is 0 Å². The fourth-order valence-electron chi connectivity index (χ4n) is 4.43. The highest BCUT2D eigenvalue weighted by Crippen LogP contribution is 2.35. The van der Waals surface area contributed by atoms with E-state index in [2.05, 4.69) is 22.8 Å². The van der Waals surface area contributed by atoms with Gasteiger partial charge < -0.3 is 14.2 Å². The second-order valence-electron chi connectivity index (χ2n) is 8.35. The average Bonchev–Trinajstić information content (AvgIpc) is 3.28. The number of aromatic nitrogens is 1. The molecule has 2 aromatic carbocycles. The van der Waals surface area contributed by atoms with E-state index in [0.717, 1.165) is 38.8 Å². The van der Waals surface area contributed by atoms with E-state index in [1.807, 2.05) is 43.3 Å². The van der Waals surface area contributed by atoms with Gasteiger partial charge in [0.25, 0.3) is 11.1 Å². The van der Waals surface area contributed by atoms with Gasteiger partial charge in [0.1, 0.15) is 6.54 Å². The SMILES string of the molecule is Cc1c(/C=C2/SC(=O)N(CC(=O)N3CCOCC3)C2=O)c2ccccc2n1Cc1ccccc1. The number of rotatable bonds is 5. The molecule has 34 heavy (non-hydrogen) atoms. The van der Waals surface area contributed by atoms with Gasteiger partial charge in [-0.05, 0) is 36.4 Å². The van der Waals surface area contributed by atoms with Gasteiger partial charge in [0, 0.05) is 41.8 Å². The molecule has 1 aromatic heterocycles. The second kappa shape index (κ2) is 9.48. The Morgan fingerprint density at radius 1 is 1.03 bits per heavy atom. The zero-order valence-electron chi connectivity index (χ0n) is 18.9. The minimum atomic E-state index is -0.420. The summed E-state index contributed by atoms with van der Waals surface area (Å²) in [5, 5.41) is 0.607. The van der Waals surface area contributed by atoms with Gasteiger partial charge in [-0.25, -0.2) is 0 Å². The predicted molar refractivity (Wildman–Crippen MR) is 132 cm³/mol. The Morgan fingerprint density at radius 2 is 1.74 bits per heavy atom. The average molecular weight is 476 g/mol. The van der Waals surface area contributed by atoms with Gasteiger partial charge in [-0.1, -0.05) is 48.5 Å². The van der Waals surface area contributed by atoms with Crippen molar-refractivity contribution in [1.82, 2.24) is 14.4 Å². The fourth-order valence-corrected chi connectivity index (χ4v) is 5.25. The lowest BCUT2D eigenvalue weighted by molar-refractivity contribution is -0.139. The number of ether oxygens (including phenoxy) is 1. The first-order valence-electron chi connectivity index (χ1n) is 11.3. The summed E-state index contributed by atoms with van der Waals surface area (Å²) in [5.41, 5.74) is 4.18. The number of amides is 3. The molecular formula is C26H25N3O4S. The standard InChI is InChI=1S/C26H25N3O4S/c1-18-21(20-9-5-6-10-22(20)28(18)16-19-7-3-2-4-8-19)15-23-25(31)29(26(32)34-23)17-24(30)27-11-13-33-14-12-27/h2-10,15H,11-14,16-17H2,1H3/b23-15+. The van der Waals surface area contributed by atoms with Crippen LogP contribution in [0.3, 0.4) is 0 Å². The van der Waals surface area contributed by atoms with Gasteiger partial charge in [0.15, 0.2) is 0 Å². The van der Waals surface area contributed by atoms with E-state index in [1.54, 1.807) is 11.0 Å². The van der Waals surface area contributed by atoms with E-state index < -0.39 is 11.1 Å². The van der Waals surface area contributed by atoms with Crippen LogP contribution in [0.1, 0.15) is 16.8 Å². The molecule has 0 radical (unpaired) electrons. The van der Waals surface area contributed by atoms with Crippen LogP contribution in [0.15, 0.2) is 59.5 Å². The number of hydrogen-bond acceptors (Lipinski definition) is 5. The fraction of sp³-hybridized carbons (Fsp3) is 0.269. The smallest absolute Gasteiger partial charge is 0.294 e. The van der Waals surface area contributed by atoms with Crippen LogP contribution in [0.4, 0.5) is 4.79 Å². The van der Waals surface area contributed by atoms with Crippen LogP contribution in [0, 0.1) is 6.92 Å². The molecule has 5 rings (SSSR count). The first kappa shape index (κ1) is 22.4. The maximum absolute atomic E-state index is 13.1. The number of carbonyl (C=O) groups excluding carboxylic acids is 3. The number of benzene rings is 2. The van der Waals surface area contributed by atoms with Crippen LogP contribution in [-0.2, 0) is 20.9 Å². The van der Waals surface area contributed by atoms with Gasteiger partial charge in [-0.15, -0.1) is 0 Å². The molecule has 3 heterocycles. The van der Waals surface area contributed by atoms with Crippen molar-refractivity contribution in [1.29, 1.82) is 0 Å². The normalized spacial score (nSPS) is 17.9. The molecule has 0 bridgehead atoms. The number of para-hydroxylation sites is 1. The Kier molecular flexibility index (Phi) is 6.26. The van der Waals surface area contributed by atoms with Crippen molar-refractivity contribution in [2.45, 2.75) is 13.5 Å². The molecule has 2 aliphatic heterocycles. The largest absolute Gasteiger partial charge is 0.378 e. The molecule has 0 N–H and O–H groups in total. The van der Waals surface area contributed by atoms with E-state index in [4.69, 9.17) is 4.74 Å². The number of fused-ring (bicyclic) bond motifs is 1. The maximum atomic E-state index is 13.1. The monoisotopic (exact) mass is 475 g/mol. The van der Waals surface area contributed by atoms with Gasteiger partial charge in [-0.2, -0.15) is 0 Å². The first-order chi connectivity index (χ1) is 16.5. The van der Waals surface area contributed by atoms with Gasteiger partial charge in [0.05, 0.1) is 18.1 Å². The van der Waals surface area contributed by atoms with E-state index in [1.165, 1.54) is 5.56 Å². The molecule has 174 valence electrons. The summed E-state index contributed by atoms with van der Waals surface area (Å²) in [6.07, 6.45) is 1.79. The van der Waals surface area contributed by atoms with Crippen molar-refractivity contribution in [3.63, 3.8) is 0 Å². The summed E-state index contributed by atoms with van der Waals surface area (Å²) >= 11 is 0.890. The van der Waals surface area contributed by atoms with Crippen molar-refractivity contribution in [3.8, 4) is 0 Å². The Hall–Kier alpha value is -3.36. The zero-order valence-corrected chi connectivity index (χ0v) is 19.7. The number of hydrogen-bond donors (Lipinski definition) is 0. The molecule has 0 spiro atoms. The first-order valence-corrected chi connectivity index (χ1v) is 12.1. The summed E-state index contributed by atoms with van der Waals surface area (Å²) in [6, 6.07) is 18.3. The zero-order chi connectivity index (χ0) is 23.7. The Bertz CT molecular complexity index is 1290. The molecule has 0 unspecified atom stereocenters. The topological polar surface area (TPSA) is 71.9 Å². The Morgan fingerprint density at radius 3 is 2.50 bits per heavy atom. The molecule has 2 fully saturated rings. The van der Waals surface area contributed by atoms with Crippen LogP contribution in [-0.4, -0.2) is 64.3 Å². The van der Waals surface area contributed by atoms with Crippen LogP contribution >= 0.6 is 11.8 Å². The summed E-state index contributed by atoms with van der Waals surface area (Å²) in [6.45, 7) is 4.39. The van der Waals surface area contributed by atoms with Crippen LogP contribution < -0.4 is 0 Å². The number of nitrogens with zero attached hydrogens (tertiary/aromatic N) is 3. The minimum absolute atomic E-state index is 0.234. The van der Waals surface area contributed by atoms with Gasteiger partial charge in [-0.3, -0.25) is 19.3 Å². The highest BCUT2D eigenvalue weighted by molar-refractivity contribution is 8.18. The second-order valence-corrected chi connectivity index (χ2v) is 9.34. The molecule has 2 saturated heterocycles. The number of thioether (sulfide) groups is 1. The molecule has 2 aliphatic rings. The lowest BCUT2D eigenvalue weighted by atomic mass is 10.1. The molecule has 3 amide bonds. The number of imide groups is 1. The number of carbonyl (C=O) groups is 3. The Labute approximate surface area is 202 Å². The van der Waals surface area contributed by atoms with Crippen molar-refractivity contribution >= 4 is 45.8 Å². The molecule has 3 aromatic rings. The predicted octanol–water partition coefficient (Wildman–Crippen LogP) is 3.89. The van der Waals surface area contributed by atoms with E-state index >= 15 is 0 Å². The van der Waals surface area contributed by atoms with E-state index in [0.29, 0.717) is 37.8 Å². The summed E-state index contributed by atoms with van der Waals surface area (Å²) in [5.74, 6) is -0.654. The summed E-state index contributed by atoms with van der Waals surface area (Å²) in [4.78, 5) is 41.4. The maximum Gasteiger partial charge on any atom is 0.294 e. The lowest BCUT2D eigenvalue weighted by Gasteiger charge is -2.28. The third-order valence-electron chi connectivity index (χ3n) is 6.27. The molecule has 7 nitrogen and oxygen atoms in total. The van der Waals surface area contributed by atoms with Crippen molar-refractivity contribution in [2.75, 3.05) is 32.8 Å². The molecule has 0 saturated carbocycles. The third kappa shape index (κ3) is 4.26.